The van der Waals surface area contributed by atoms with E-state index in [1.54, 1.807) is 30.4 Å². The van der Waals surface area contributed by atoms with Gasteiger partial charge in [0.25, 0.3) is 11.8 Å². The molecule has 0 spiro atoms. The van der Waals surface area contributed by atoms with E-state index in [0.717, 1.165) is 34.0 Å². The van der Waals surface area contributed by atoms with Gasteiger partial charge >= 0.3 is 0 Å². The first kappa shape index (κ1) is 24.4. The first-order chi connectivity index (χ1) is 16.7. The van der Waals surface area contributed by atoms with E-state index in [4.69, 9.17) is 28.6 Å². The number of nitrogens with one attached hydrogen (secondary N) is 1. The largest absolute Gasteiger partial charge is 0.490 e. The quantitative estimate of drug-likeness (QED) is 0.209. The van der Waals surface area contributed by atoms with Gasteiger partial charge in [0.1, 0.15) is 17.9 Å². The van der Waals surface area contributed by atoms with Crippen LogP contribution in [-0.2, 0) is 9.59 Å². The molecule has 2 amide bonds. The average molecular weight is 506 g/mol. The van der Waals surface area contributed by atoms with Crippen molar-refractivity contribution in [3.05, 3.63) is 94.3 Å². The van der Waals surface area contributed by atoms with Gasteiger partial charge in [-0.25, -0.2) is 0 Å². The number of benzene rings is 2. The van der Waals surface area contributed by atoms with Gasteiger partial charge in [-0.15, -0.1) is 0 Å². The minimum atomic E-state index is -0.539. The molecule has 0 bridgehead atoms. The molecule has 0 atom stereocenters. The van der Waals surface area contributed by atoms with Gasteiger partial charge in [0.2, 0.25) is 0 Å². The van der Waals surface area contributed by atoms with E-state index in [1.807, 2.05) is 51.1 Å². The third kappa shape index (κ3) is 4.78. The molecule has 0 aliphatic carbocycles. The van der Waals surface area contributed by atoms with Crippen LogP contribution in [0.5, 0.6) is 5.75 Å². The highest BCUT2D eigenvalue weighted by Gasteiger charge is 2.35. The van der Waals surface area contributed by atoms with Crippen LogP contribution in [0.4, 0.5) is 5.69 Å². The Bertz CT molecular complexity index is 1390. The minimum absolute atomic E-state index is 0.0104. The predicted molar refractivity (Wildman–Crippen MR) is 143 cm³/mol. The van der Waals surface area contributed by atoms with Crippen LogP contribution < -0.4 is 15.0 Å². The van der Waals surface area contributed by atoms with E-state index in [2.05, 4.69) is 16.5 Å². The van der Waals surface area contributed by atoms with E-state index in [0.29, 0.717) is 17.3 Å². The molecule has 178 valence electrons. The Balaban J connectivity index is 1.70. The number of anilines is 1. The second kappa shape index (κ2) is 9.90. The van der Waals surface area contributed by atoms with Gasteiger partial charge in [-0.2, -0.15) is 0 Å². The summed E-state index contributed by atoms with van der Waals surface area (Å²) < 4.78 is 7.62. The first-order valence-electron chi connectivity index (χ1n) is 10.9. The molecule has 1 N–H and O–H groups in total. The van der Waals surface area contributed by atoms with Crippen molar-refractivity contribution in [1.29, 1.82) is 0 Å². The van der Waals surface area contributed by atoms with Crippen LogP contribution in [0.25, 0.3) is 11.8 Å². The minimum Gasteiger partial charge on any atom is -0.490 e. The molecule has 2 aromatic carbocycles. The third-order valence-corrected chi connectivity index (χ3v) is 6.44. The standard InChI is InChI=1S/C27H24ClN3O3S/c1-5-12-34-22-10-8-20(9-11-22)30-17(3)13-19(18(30)4)14-23-25(32)29-27(35)31(26(23)33)21-7-6-16(2)24(28)15-21/h5-11,13-15H,1,12H2,2-4H3,(H,29,32,35)/b23-14+. The maximum absolute atomic E-state index is 13.4. The van der Waals surface area contributed by atoms with Crippen molar-refractivity contribution in [2.45, 2.75) is 20.8 Å². The number of thiocarbonyl (C=S) groups is 1. The summed E-state index contributed by atoms with van der Waals surface area (Å²) in [5.41, 5.74) is 4.88. The van der Waals surface area contributed by atoms with Crippen molar-refractivity contribution in [2.24, 2.45) is 0 Å². The number of hydrogen-bond donors (Lipinski definition) is 1. The van der Waals surface area contributed by atoms with Gasteiger partial charge < -0.3 is 9.30 Å². The molecule has 0 saturated carbocycles. The molecular weight excluding hydrogens is 482 g/mol. The van der Waals surface area contributed by atoms with E-state index in [1.165, 1.54) is 4.90 Å². The van der Waals surface area contributed by atoms with Crippen LogP contribution in [-0.4, -0.2) is 28.1 Å². The van der Waals surface area contributed by atoms with Crippen LogP contribution in [0.15, 0.2) is 66.8 Å². The van der Waals surface area contributed by atoms with Crippen LogP contribution in [0, 0.1) is 20.8 Å². The summed E-state index contributed by atoms with van der Waals surface area (Å²) in [6.07, 6.45) is 3.29. The Morgan fingerprint density at radius 2 is 1.74 bits per heavy atom. The highest BCUT2D eigenvalue weighted by atomic mass is 35.5. The fourth-order valence-electron chi connectivity index (χ4n) is 3.95. The molecule has 8 heteroatoms. The molecule has 1 fully saturated rings. The van der Waals surface area contributed by atoms with Gasteiger partial charge in [-0.05, 0) is 92.7 Å². The zero-order valence-electron chi connectivity index (χ0n) is 19.6. The molecule has 4 rings (SSSR count). The van der Waals surface area contributed by atoms with Crippen molar-refractivity contribution < 1.29 is 14.3 Å². The maximum Gasteiger partial charge on any atom is 0.270 e. The second-order valence-electron chi connectivity index (χ2n) is 8.15. The number of amides is 2. The second-order valence-corrected chi connectivity index (χ2v) is 8.94. The van der Waals surface area contributed by atoms with Crippen LogP contribution in [0.3, 0.4) is 0 Å². The number of aryl methyl sites for hydroxylation is 2. The zero-order chi connectivity index (χ0) is 25.3. The molecule has 1 saturated heterocycles. The molecule has 1 aromatic heterocycles. The van der Waals surface area contributed by atoms with E-state index < -0.39 is 11.8 Å². The number of halogens is 1. The van der Waals surface area contributed by atoms with E-state index >= 15 is 0 Å². The van der Waals surface area contributed by atoms with E-state index in [-0.39, 0.29) is 10.7 Å². The first-order valence-corrected chi connectivity index (χ1v) is 11.7. The van der Waals surface area contributed by atoms with Gasteiger partial charge in [0.05, 0.1) is 5.69 Å². The molecule has 2 heterocycles. The fourth-order valence-corrected chi connectivity index (χ4v) is 4.40. The molecule has 3 aromatic rings. The SMILES string of the molecule is C=CCOc1ccc(-n2c(C)cc(/C=C3\C(=O)NC(=S)N(c4ccc(C)c(Cl)c4)C3=O)c2C)cc1. The Morgan fingerprint density at radius 1 is 1.06 bits per heavy atom. The maximum atomic E-state index is 13.4. The predicted octanol–water partition coefficient (Wildman–Crippen LogP) is 5.45. The molecule has 0 radical (unpaired) electrons. The fraction of sp³-hybridized carbons (Fsp3) is 0.148. The zero-order valence-corrected chi connectivity index (χ0v) is 21.2. The molecule has 1 aliphatic rings. The van der Waals surface area contributed by atoms with Gasteiger partial charge in [0.15, 0.2) is 5.11 Å². The normalized spacial score (nSPS) is 14.9. The lowest BCUT2D eigenvalue weighted by Crippen LogP contribution is -2.54. The summed E-state index contributed by atoms with van der Waals surface area (Å²) in [5.74, 6) is -0.301. The number of carbonyl (C=O) groups is 2. The highest BCUT2D eigenvalue weighted by Crippen LogP contribution is 2.29. The summed E-state index contributed by atoms with van der Waals surface area (Å²) in [6.45, 7) is 9.87. The van der Waals surface area contributed by atoms with Crippen molar-refractivity contribution in [1.82, 2.24) is 9.88 Å². The lowest BCUT2D eigenvalue weighted by Gasteiger charge is -2.29. The number of nitrogens with zero attached hydrogens (tertiary/aromatic N) is 2. The lowest BCUT2D eigenvalue weighted by atomic mass is 10.1. The Labute approximate surface area is 214 Å². The van der Waals surface area contributed by atoms with Crippen LogP contribution >= 0.6 is 23.8 Å². The molecule has 6 nitrogen and oxygen atoms in total. The van der Waals surface area contributed by atoms with Gasteiger partial charge in [0, 0.05) is 22.1 Å². The lowest BCUT2D eigenvalue weighted by molar-refractivity contribution is -0.122. The summed E-state index contributed by atoms with van der Waals surface area (Å²) >= 11 is 11.6. The highest BCUT2D eigenvalue weighted by molar-refractivity contribution is 7.80. The number of carbonyl (C=O) groups excluding carboxylic acids is 2. The van der Waals surface area contributed by atoms with Crippen molar-refractivity contribution in [3.8, 4) is 11.4 Å². The Hall–Kier alpha value is -3.68. The Kier molecular flexibility index (Phi) is 6.91. The van der Waals surface area contributed by atoms with Gasteiger partial charge in [-0.3, -0.25) is 19.8 Å². The Morgan fingerprint density at radius 3 is 2.40 bits per heavy atom. The summed E-state index contributed by atoms with van der Waals surface area (Å²) in [6, 6.07) is 14.8. The molecule has 0 unspecified atom stereocenters. The van der Waals surface area contributed by atoms with Crippen molar-refractivity contribution in [2.75, 3.05) is 11.5 Å². The average Bonchev–Trinajstić information content (AvgIpc) is 3.10. The van der Waals surface area contributed by atoms with Crippen LogP contribution in [0.1, 0.15) is 22.5 Å². The number of hydrogen-bond acceptors (Lipinski definition) is 4. The molecule has 1 aliphatic heterocycles. The monoisotopic (exact) mass is 505 g/mol. The number of rotatable bonds is 6. The molecular formula is C27H24ClN3O3S. The summed E-state index contributed by atoms with van der Waals surface area (Å²) in [5, 5.41) is 3.14. The summed E-state index contributed by atoms with van der Waals surface area (Å²) in [7, 11) is 0. The van der Waals surface area contributed by atoms with Gasteiger partial charge in [-0.1, -0.05) is 30.3 Å². The smallest absolute Gasteiger partial charge is 0.270 e. The van der Waals surface area contributed by atoms with E-state index in [9.17, 15) is 9.59 Å². The summed E-state index contributed by atoms with van der Waals surface area (Å²) in [4.78, 5) is 27.4. The topological polar surface area (TPSA) is 63.6 Å². The van der Waals surface area contributed by atoms with Crippen molar-refractivity contribution >= 4 is 52.5 Å². The number of ether oxygens (including phenoxy) is 1. The third-order valence-electron chi connectivity index (χ3n) is 5.75. The van der Waals surface area contributed by atoms with Crippen molar-refractivity contribution in [3.63, 3.8) is 0 Å². The van der Waals surface area contributed by atoms with Crippen LogP contribution in [0.2, 0.25) is 5.02 Å². The molecule has 35 heavy (non-hydrogen) atoms. The number of aromatic nitrogens is 1.